The minimum Gasteiger partial charge on any atom is -0.448 e. The Bertz CT molecular complexity index is 374. The highest BCUT2D eigenvalue weighted by Crippen LogP contribution is 2.45. The van der Waals surface area contributed by atoms with Crippen LogP contribution in [0, 0.1) is 11.8 Å². The Morgan fingerprint density at radius 2 is 2.06 bits per heavy atom. The third-order valence-corrected chi connectivity index (χ3v) is 3.73. The van der Waals surface area contributed by atoms with Gasteiger partial charge >= 0.3 is 11.9 Å². The smallest absolute Gasteiger partial charge is 0.351 e. The van der Waals surface area contributed by atoms with Gasteiger partial charge in [-0.15, -0.1) is 0 Å². The monoisotopic (exact) mass is 238 g/mol. The Labute approximate surface area is 101 Å². The highest BCUT2D eigenvalue weighted by Gasteiger charge is 2.58. The molecule has 1 saturated carbocycles. The SMILES string of the molecule is C/C=C\C1CC(C)C2(C1)OC(=O)C(C)OC2=O. The number of ether oxygens (including phenoxy) is 2. The summed E-state index contributed by atoms with van der Waals surface area (Å²) in [6, 6.07) is 0. The minimum atomic E-state index is -1.05. The van der Waals surface area contributed by atoms with Crippen LogP contribution in [0.5, 0.6) is 0 Å². The average Bonchev–Trinajstić information content (AvgIpc) is 2.54. The summed E-state index contributed by atoms with van der Waals surface area (Å²) in [4.78, 5) is 23.6. The van der Waals surface area contributed by atoms with Crippen LogP contribution in [0.1, 0.15) is 33.6 Å². The summed E-state index contributed by atoms with van der Waals surface area (Å²) in [5.41, 5.74) is -1.05. The van der Waals surface area contributed by atoms with E-state index in [9.17, 15) is 9.59 Å². The van der Waals surface area contributed by atoms with Crippen LogP contribution in [0.2, 0.25) is 0 Å². The van der Waals surface area contributed by atoms with Gasteiger partial charge in [0.25, 0.3) is 0 Å². The third kappa shape index (κ3) is 1.85. The van der Waals surface area contributed by atoms with Crippen molar-refractivity contribution in [3.63, 3.8) is 0 Å². The molecule has 0 N–H and O–H groups in total. The molecule has 4 nitrogen and oxygen atoms in total. The normalized spacial score (nSPS) is 41.9. The third-order valence-electron chi connectivity index (χ3n) is 3.73. The van der Waals surface area contributed by atoms with Crippen molar-refractivity contribution >= 4 is 11.9 Å². The molecular formula is C13H18O4. The second-order valence-corrected chi connectivity index (χ2v) is 4.98. The Hall–Kier alpha value is -1.32. The Morgan fingerprint density at radius 3 is 2.71 bits per heavy atom. The molecular weight excluding hydrogens is 220 g/mol. The van der Waals surface area contributed by atoms with Crippen molar-refractivity contribution in [3.05, 3.63) is 12.2 Å². The first-order valence-electron chi connectivity index (χ1n) is 6.06. The average molecular weight is 238 g/mol. The van der Waals surface area contributed by atoms with Gasteiger partial charge in [0.1, 0.15) is 0 Å². The molecule has 4 atom stereocenters. The van der Waals surface area contributed by atoms with E-state index >= 15 is 0 Å². The largest absolute Gasteiger partial charge is 0.448 e. The van der Waals surface area contributed by atoms with Crippen molar-refractivity contribution in [3.8, 4) is 0 Å². The Balaban J connectivity index is 2.24. The van der Waals surface area contributed by atoms with E-state index in [0.717, 1.165) is 6.42 Å². The van der Waals surface area contributed by atoms with Crippen LogP contribution < -0.4 is 0 Å². The predicted octanol–water partition coefficient (Wildman–Crippen LogP) is 1.84. The second kappa shape index (κ2) is 4.17. The maximum absolute atomic E-state index is 12.0. The number of carbonyl (C=O) groups is 2. The molecule has 4 unspecified atom stereocenters. The van der Waals surface area contributed by atoms with Crippen molar-refractivity contribution in [2.24, 2.45) is 11.8 Å². The maximum atomic E-state index is 12.0. The zero-order valence-electron chi connectivity index (χ0n) is 10.4. The minimum absolute atomic E-state index is 0.00708. The van der Waals surface area contributed by atoms with Crippen LogP contribution in [-0.4, -0.2) is 23.6 Å². The molecule has 1 aliphatic heterocycles. The van der Waals surface area contributed by atoms with E-state index in [-0.39, 0.29) is 17.8 Å². The van der Waals surface area contributed by atoms with Crippen molar-refractivity contribution in [2.75, 3.05) is 0 Å². The summed E-state index contributed by atoms with van der Waals surface area (Å²) < 4.78 is 10.5. The summed E-state index contributed by atoms with van der Waals surface area (Å²) in [6.45, 7) is 5.42. The summed E-state index contributed by atoms with van der Waals surface area (Å²) in [7, 11) is 0. The van der Waals surface area contributed by atoms with Gasteiger partial charge in [-0.3, -0.25) is 0 Å². The molecule has 2 fully saturated rings. The van der Waals surface area contributed by atoms with Gasteiger partial charge in [0.15, 0.2) is 6.10 Å². The number of rotatable bonds is 1. The standard InChI is InChI=1S/C13H18O4/c1-4-5-10-6-8(2)13(7-10)12(15)16-9(3)11(14)17-13/h4-5,8-10H,6-7H2,1-3H3/b5-4-. The van der Waals surface area contributed by atoms with E-state index in [2.05, 4.69) is 6.08 Å². The number of cyclic esters (lactones) is 1. The van der Waals surface area contributed by atoms with Crippen molar-refractivity contribution in [2.45, 2.75) is 45.3 Å². The summed E-state index contributed by atoms with van der Waals surface area (Å²) in [5.74, 6) is -0.530. The highest BCUT2D eigenvalue weighted by atomic mass is 16.7. The number of esters is 2. The summed E-state index contributed by atoms with van der Waals surface area (Å²) in [5, 5.41) is 0. The quantitative estimate of drug-likeness (QED) is 0.516. The fourth-order valence-electron chi connectivity index (χ4n) is 2.78. The molecule has 1 heterocycles. The molecule has 1 spiro atoms. The van der Waals surface area contributed by atoms with E-state index < -0.39 is 17.7 Å². The lowest BCUT2D eigenvalue weighted by atomic mass is 9.91. The van der Waals surface area contributed by atoms with Gasteiger partial charge in [-0.05, 0) is 26.2 Å². The van der Waals surface area contributed by atoms with Gasteiger partial charge in [0, 0.05) is 12.3 Å². The molecule has 2 rings (SSSR count). The van der Waals surface area contributed by atoms with Crippen LogP contribution in [0.3, 0.4) is 0 Å². The van der Waals surface area contributed by atoms with Gasteiger partial charge in [-0.25, -0.2) is 9.59 Å². The van der Waals surface area contributed by atoms with Crippen LogP contribution in [0.15, 0.2) is 12.2 Å². The van der Waals surface area contributed by atoms with E-state index in [1.165, 1.54) is 6.92 Å². The van der Waals surface area contributed by atoms with Gasteiger partial charge in [0.2, 0.25) is 5.60 Å². The zero-order chi connectivity index (χ0) is 12.6. The number of carbonyl (C=O) groups excluding carboxylic acids is 2. The second-order valence-electron chi connectivity index (χ2n) is 4.98. The van der Waals surface area contributed by atoms with Gasteiger partial charge in [-0.1, -0.05) is 19.1 Å². The van der Waals surface area contributed by atoms with Crippen molar-refractivity contribution in [1.29, 1.82) is 0 Å². The first-order valence-corrected chi connectivity index (χ1v) is 6.06. The topological polar surface area (TPSA) is 52.6 Å². The first kappa shape index (κ1) is 12.1. The molecule has 0 aromatic heterocycles. The summed E-state index contributed by atoms with van der Waals surface area (Å²) in [6.07, 6.45) is 4.64. The molecule has 0 amide bonds. The van der Waals surface area contributed by atoms with E-state index in [0.29, 0.717) is 6.42 Å². The molecule has 1 saturated heterocycles. The number of hydrogen-bond donors (Lipinski definition) is 0. The number of hydrogen-bond acceptors (Lipinski definition) is 4. The fraction of sp³-hybridized carbons (Fsp3) is 0.692. The number of allylic oxidation sites excluding steroid dienone is 2. The van der Waals surface area contributed by atoms with Crippen LogP contribution >= 0.6 is 0 Å². The predicted molar refractivity (Wildman–Crippen MR) is 61.1 cm³/mol. The maximum Gasteiger partial charge on any atom is 0.351 e. The molecule has 4 heteroatoms. The van der Waals surface area contributed by atoms with Crippen molar-refractivity contribution < 1.29 is 19.1 Å². The molecule has 0 aromatic carbocycles. The summed E-state index contributed by atoms with van der Waals surface area (Å²) >= 11 is 0. The van der Waals surface area contributed by atoms with E-state index in [1.807, 2.05) is 19.9 Å². The molecule has 0 aromatic rings. The lowest BCUT2D eigenvalue weighted by Gasteiger charge is -2.36. The Kier molecular flexibility index (Phi) is 2.98. The van der Waals surface area contributed by atoms with Gasteiger partial charge in [0.05, 0.1) is 0 Å². The molecule has 2 aliphatic rings. The molecule has 0 radical (unpaired) electrons. The zero-order valence-corrected chi connectivity index (χ0v) is 10.4. The molecule has 1 aliphatic carbocycles. The van der Waals surface area contributed by atoms with Gasteiger partial charge in [-0.2, -0.15) is 0 Å². The molecule has 17 heavy (non-hydrogen) atoms. The van der Waals surface area contributed by atoms with E-state index in [1.54, 1.807) is 0 Å². The lowest BCUT2D eigenvalue weighted by molar-refractivity contribution is -0.213. The van der Waals surface area contributed by atoms with Gasteiger partial charge < -0.3 is 9.47 Å². The molecule has 0 bridgehead atoms. The first-order chi connectivity index (χ1) is 7.99. The Morgan fingerprint density at radius 1 is 1.35 bits per heavy atom. The van der Waals surface area contributed by atoms with Crippen molar-refractivity contribution in [1.82, 2.24) is 0 Å². The van der Waals surface area contributed by atoms with Crippen LogP contribution in [0.4, 0.5) is 0 Å². The van der Waals surface area contributed by atoms with Crippen LogP contribution in [-0.2, 0) is 19.1 Å². The molecule has 94 valence electrons. The fourth-order valence-corrected chi connectivity index (χ4v) is 2.78. The van der Waals surface area contributed by atoms with E-state index in [4.69, 9.17) is 9.47 Å². The highest BCUT2D eigenvalue weighted by molar-refractivity contribution is 5.90. The van der Waals surface area contributed by atoms with Crippen LogP contribution in [0.25, 0.3) is 0 Å². The lowest BCUT2D eigenvalue weighted by Crippen LogP contribution is -2.54.